The van der Waals surface area contributed by atoms with Crippen LogP contribution in [0.5, 0.6) is 0 Å². The van der Waals surface area contributed by atoms with Crippen molar-refractivity contribution in [1.29, 1.82) is 0 Å². The molecule has 1 aromatic heterocycles. The first kappa shape index (κ1) is 11.5. The third-order valence-corrected chi connectivity index (χ3v) is 1.60. The molecule has 0 aliphatic rings. The number of rotatable bonds is 3. The summed E-state index contributed by atoms with van der Waals surface area (Å²) in [5.74, 6) is -6.51. The van der Waals surface area contributed by atoms with Gasteiger partial charge >= 0.3 is 11.9 Å². The van der Waals surface area contributed by atoms with Crippen molar-refractivity contribution in [1.82, 2.24) is 4.98 Å². The normalized spacial score (nSPS) is 11.2. The average molecular weight is 219 g/mol. The highest BCUT2D eigenvalue weighted by Gasteiger charge is 2.43. The summed E-state index contributed by atoms with van der Waals surface area (Å²) in [6.07, 6.45) is 1.49. The molecule has 0 radical (unpaired) electrons. The predicted octanol–water partition coefficient (Wildman–Crippen LogP) is 1.88. The molecule has 0 saturated heterocycles. The van der Waals surface area contributed by atoms with Gasteiger partial charge in [0.25, 0.3) is 0 Å². The van der Waals surface area contributed by atoms with E-state index < -0.39 is 23.3 Å². The van der Waals surface area contributed by atoms with Gasteiger partial charge in [-0.3, -0.25) is 4.98 Å². The molecule has 0 aromatic carbocycles. The molecule has 0 bridgehead atoms. The van der Waals surface area contributed by atoms with Crippen molar-refractivity contribution in [2.24, 2.45) is 0 Å². The summed E-state index contributed by atoms with van der Waals surface area (Å²) in [4.78, 5) is 14.1. The Morgan fingerprint density at radius 3 is 2.73 bits per heavy atom. The molecule has 0 unspecified atom stereocenters. The Kier molecular flexibility index (Phi) is 3.28. The van der Waals surface area contributed by atoms with E-state index >= 15 is 0 Å². The minimum absolute atomic E-state index is 0.169. The summed E-state index contributed by atoms with van der Waals surface area (Å²) in [5, 5.41) is 0. The molecule has 1 heterocycles. The van der Waals surface area contributed by atoms with Gasteiger partial charge in [0.05, 0.1) is 18.4 Å². The lowest BCUT2D eigenvalue weighted by molar-refractivity contribution is -0.173. The maximum Gasteiger partial charge on any atom is 0.382 e. The van der Waals surface area contributed by atoms with Crippen LogP contribution in [-0.2, 0) is 15.5 Å². The lowest BCUT2D eigenvalue weighted by Crippen LogP contribution is -2.28. The maximum atomic E-state index is 13.2. The van der Waals surface area contributed by atoms with Crippen molar-refractivity contribution in [3.63, 3.8) is 0 Å². The molecule has 0 spiro atoms. The summed E-state index contributed by atoms with van der Waals surface area (Å²) >= 11 is 0. The van der Waals surface area contributed by atoms with Gasteiger partial charge in [0, 0.05) is 6.20 Å². The second-order valence-corrected chi connectivity index (χ2v) is 2.69. The standard InChI is InChI=1S/C9H8F3NO2/c1-2-15-8(14)9(11,12)6-3-7(10)5-13-4-6/h3-5H,2H2,1H3. The van der Waals surface area contributed by atoms with Crippen LogP contribution in [0.3, 0.4) is 0 Å². The number of hydrogen-bond acceptors (Lipinski definition) is 3. The number of pyridine rings is 1. The topological polar surface area (TPSA) is 39.2 Å². The van der Waals surface area contributed by atoms with Crippen molar-refractivity contribution in [3.8, 4) is 0 Å². The number of carbonyl (C=O) groups is 1. The molecule has 6 heteroatoms. The summed E-state index contributed by atoms with van der Waals surface area (Å²) in [6, 6.07) is 0.546. The van der Waals surface area contributed by atoms with E-state index in [0.717, 1.165) is 12.4 Å². The third kappa shape index (κ3) is 2.45. The number of alkyl halides is 2. The molecule has 0 atom stereocenters. The van der Waals surface area contributed by atoms with E-state index in [9.17, 15) is 18.0 Å². The van der Waals surface area contributed by atoms with Gasteiger partial charge in [0.2, 0.25) is 0 Å². The van der Waals surface area contributed by atoms with Gasteiger partial charge in [-0.1, -0.05) is 0 Å². The van der Waals surface area contributed by atoms with Crippen LogP contribution >= 0.6 is 0 Å². The summed E-state index contributed by atoms with van der Waals surface area (Å²) < 4.78 is 43.2. The van der Waals surface area contributed by atoms with Crippen molar-refractivity contribution in [3.05, 3.63) is 29.8 Å². The highest BCUT2D eigenvalue weighted by Crippen LogP contribution is 2.29. The zero-order chi connectivity index (χ0) is 11.5. The fourth-order valence-electron chi connectivity index (χ4n) is 0.923. The van der Waals surface area contributed by atoms with Crippen LogP contribution in [-0.4, -0.2) is 17.6 Å². The fourth-order valence-corrected chi connectivity index (χ4v) is 0.923. The molecule has 0 aliphatic heterocycles. The van der Waals surface area contributed by atoms with Crippen molar-refractivity contribution in [2.45, 2.75) is 12.8 Å². The van der Waals surface area contributed by atoms with Crippen LogP contribution in [0, 0.1) is 5.82 Å². The Balaban J connectivity index is 2.99. The molecule has 3 nitrogen and oxygen atoms in total. The van der Waals surface area contributed by atoms with Gasteiger partial charge in [-0.2, -0.15) is 8.78 Å². The number of ether oxygens (including phenoxy) is 1. The zero-order valence-corrected chi connectivity index (χ0v) is 7.84. The van der Waals surface area contributed by atoms with Crippen molar-refractivity contribution < 1.29 is 22.7 Å². The quantitative estimate of drug-likeness (QED) is 0.728. The minimum Gasteiger partial charge on any atom is -0.461 e. The van der Waals surface area contributed by atoms with Gasteiger partial charge in [-0.05, 0) is 13.0 Å². The van der Waals surface area contributed by atoms with E-state index in [-0.39, 0.29) is 6.61 Å². The number of nitrogens with zero attached hydrogens (tertiary/aromatic N) is 1. The van der Waals surface area contributed by atoms with Crippen LogP contribution < -0.4 is 0 Å². The molecule has 0 saturated carbocycles. The monoisotopic (exact) mass is 219 g/mol. The number of hydrogen-bond donors (Lipinski definition) is 0. The fraction of sp³-hybridized carbons (Fsp3) is 0.333. The SMILES string of the molecule is CCOC(=O)C(F)(F)c1cncc(F)c1. The Labute approximate surface area is 83.9 Å². The molecule has 0 aliphatic carbocycles. The smallest absolute Gasteiger partial charge is 0.382 e. The molecule has 1 aromatic rings. The van der Waals surface area contributed by atoms with Gasteiger partial charge in [-0.15, -0.1) is 0 Å². The zero-order valence-electron chi connectivity index (χ0n) is 7.84. The molecular weight excluding hydrogens is 211 g/mol. The second kappa shape index (κ2) is 4.29. The first-order valence-electron chi connectivity index (χ1n) is 4.14. The first-order chi connectivity index (χ1) is 6.98. The highest BCUT2D eigenvalue weighted by molar-refractivity contribution is 5.79. The van der Waals surface area contributed by atoms with Crippen LogP contribution in [0.2, 0.25) is 0 Å². The molecule has 82 valence electrons. The average Bonchev–Trinajstić information content (AvgIpc) is 2.18. The second-order valence-electron chi connectivity index (χ2n) is 2.69. The Morgan fingerprint density at radius 1 is 1.53 bits per heavy atom. The number of carbonyl (C=O) groups excluding carboxylic acids is 1. The molecular formula is C9H8F3NO2. The van der Waals surface area contributed by atoms with Gasteiger partial charge < -0.3 is 4.74 Å². The molecule has 15 heavy (non-hydrogen) atoms. The van der Waals surface area contributed by atoms with E-state index in [4.69, 9.17) is 0 Å². The summed E-state index contributed by atoms with van der Waals surface area (Å²) in [6.45, 7) is 1.23. The maximum absolute atomic E-state index is 13.2. The number of halogens is 3. The molecule has 1 rings (SSSR count). The Hall–Kier alpha value is -1.59. The van der Waals surface area contributed by atoms with E-state index in [1.807, 2.05) is 0 Å². The number of esters is 1. The largest absolute Gasteiger partial charge is 0.461 e. The lowest BCUT2D eigenvalue weighted by atomic mass is 10.1. The van der Waals surface area contributed by atoms with E-state index in [1.54, 1.807) is 0 Å². The highest BCUT2D eigenvalue weighted by atomic mass is 19.3. The van der Waals surface area contributed by atoms with Crippen LogP contribution in [0.1, 0.15) is 12.5 Å². The third-order valence-electron chi connectivity index (χ3n) is 1.60. The first-order valence-corrected chi connectivity index (χ1v) is 4.14. The molecule has 0 fully saturated rings. The van der Waals surface area contributed by atoms with Gasteiger partial charge in [0.15, 0.2) is 0 Å². The van der Waals surface area contributed by atoms with Crippen molar-refractivity contribution in [2.75, 3.05) is 6.61 Å². The van der Waals surface area contributed by atoms with E-state index in [0.29, 0.717) is 6.07 Å². The Morgan fingerprint density at radius 2 is 2.20 bits per heavy atom. The van der Waals surface area contributed by atoms with Crippen LogP contribution in [0.15, 0.2) is 18.5 Å². The van der Waals surface area contributed by atoms with Crippen LogP contribution in [0.4, 0.5) is 13.2 Å². The lowest BCUT2D eigenvalue weighted by Gasteiger charge is -2.14. The van der Waals surface area contributed by atoms with Crippen molar-refractivity contribution >= 4 is 5.97 Å². The summed E-state index contributed by atoms with van der Waals surface area (Å²) in [7, 11) is 0. The van der Waals surface area contributed by atoms with Crippen LogP contribution in [0.25, 0.3) is 0 Å². The number of aromatic nitrogens is 1. The predicted molar refractivity (Wildman–Crippen MR) is 44.7 cm³/mol. The van der Waals surface area contributed by atoms with E-state index in [1.165, 1.54) is 6.92 Å². The molecule has 0 amide bonds. The Bertz CT molecular complexity index is 368. The summed E-state index contributed by atoms with van der Waals surface area (Å²) in [5.41, 5.74) is -0.819. The minimum atomic E-state index is -3.87. The van der Waals surface area contributed by atoms with E-state index in [2.05, 4.69) is 9.72 Å². The molecule has 0 N–H and O–H groups in total. The van der Waals surface area contributed by atoms with Gasteiger partial charge in [-0.25, -0.2) is 9.18 Å². The van der Waals surface area contributed by atoms with Gasteiger partial charge in [0.1, 0.15) is 5.82 Å².